The van der Waals surface area contributed by atoms with Crippen LogP contribution in [0.4, 0.5) is 34.6 Å². The van der Waals surface area contributed by atoms with E-state index in [0.717, 1.165) is 46.8 Å². The van der Waals surface area contributed by atoms with E-state index in [2.05, 4.69) is 10.0 Å². The highest BCUT2D eigenvalue weighted by Crippen LogP contribution is 2.31. The molecule has 4 rings (SSSR count). The normalized spacial score (nSPS) is 11.9. The lowest BCUT2D eigenvalue weighted by Crippen LogP contribution is -2.38. The fraction of sp³-hybridized carbons (Fsp3) is 0.107. The second kappa shape index (κ2) is 12.3. The number of hydrogen-bond donors (Lipinski definition) is 2. The van der Waals surface area contributed by atoms with Crippen LogP contribution in [0.1, 0.15) is 5.56 Å². The van der Waals surface area contributed by atoms with Crippen LogP contribution in [0.15, 0.2) is 107 Å². The minimum absolute atomic E-state index is 0.00877. The molecule has 0 radical (unpaired) electrons. The van der Waals surface area contributed by atoms with E-state index in [4.69, 9.17) is 4.74 Å². The number of rotatable bonds is 10. The molecule has 2 N–H and O–H groups in total. The van der Waals surface area contributed by atoms with Gasteiger partial charge in [0, 0.05) is 11.4 Å². The van der Waals surface area contributed by atoms with Gasteiger partial charge in [0.1, 0.15) is 18.1 Å². The third kappa shape index (κ3) is 7.61. The van der Waals surface area contributed by atoms with Gasteiger partial charge in [-0.1, -0.05) is 6.07 Å². The van der Waals surface area contributed by atoms with Gasteiger partial charge in [0.25, 0.3) is 20.0 Å². The molecule has 0 saturated carbocycles. The Labute approximate surface area is 244 Å². The van der Waals surface area contributed by atoms with Crippen LogP contribution in [0.3, 0.4) is 0 Å². The topological polar surface area (TPSA) is 122 Å². The molecule has 0 spiro atoms. The van der Waals surface area contributed by atoms with Crippen LogP contribution >= 0.6 is 0 Å². The summed E-state index contributed by atoms with van der Waals surface area (Å²) >= 11 is 0. The lowest BCUT2D eigenvalue weighted by atomic mass is 10.2. The number of nitrogens with one attached hydrogen (secondary N) is 2. The minimum Gasteiger partial charge on any atom is -0.497 e. The Morgan fingerprint density at radius 3 is 2.00 bits per heavy atom. The summed E-state index contributed by atoms with van der Waals surface area (Å²) in [4.78, 5) is 12.5. The average molecular weight is 638 g/mol. The van der Waals surface area contributed by atoms with E-state index in [9.17, 15) is 39.2 Å². The fourth-order valence-corrected chi connectivity index (χ4v) is 6.29. The van der Waals surface area contributed by atoms with E-state index in [1.807, 2.05) is 0 Å². The number of carbonyl (C=O) groups excluding carboxylic acids is 1. The van der Waals surface area contributed by atoms with Crippen molar-refractivity contribution in [2.75, 3.05) is 28.0 Å². The van der Waals surface area contributed by atoms with Crippen molar-refractivity contribution in [1.29, 1.82) is 0 Å². The van der Waals surface area contributed by atoms with E-state index in [-0.39, 0.29) is 26.9 Å². The number of methoxy groups -OCH3 is 1. The van der Waals surface area contributed by atoms with Crippen molar-refractivity contribution in [3.63, 3.8) is 0 Å². The molecule has 0 aromatic heterocycles. The maximum Gasteiger partial charge on any atom is 0.416 e. The van der Waals surface area contributed by atoms with Gasteiger partial charge < -0.3 is 10.1 Å². The van der Waals surface area contributed by atoms with Gasteiger partial charge in [-0.05, 0) is 91.0 Å². The molecule has 1 amide bonds. The first-order valence-corrected chi connectivity index (χ1v) is 15.1. The lowest BCUT2D eigenvalue weighted by molar-refractivity contribution is -0.137. The van der Waals surface area contributed by atoms with Gasteiger partial charge >= 0.3 is 6.18 Å². The number of anilines is 3. The highest BCUT2D eigenvalue weighted by molar-refractivity contribution is 7.93. The van der Waals surface area contributed by atoms with Crippen LogP contribution in [0.25, 0.3) is 0 Å². The molecule has 226 valence electrons. The molecule has 9 nitrogen and oxygen atoms in total. The molecule has 0 atom stereocenters. The zero-order valence-corrected chi connectivity index (χ0v) is 23.8. The number of ether oxygens (including phenoxy) is 1. The molecule has 4 aromatic carbocycles. The number of sulfonamides is 2. The number of alkyl halides is 3. The molecule has 0 aliphatic rings. The predicted octanol–water partition coefficient (Wildman–Crippen LogP) is 5.49. The van der Waals surface area contributed by atoms with Crippen LogP contribution in [-0.2, 0) is 31.0 Å². The van der Waals surface area contributed by atoms with Crippen molar-refractivity contribution in [3.8, 4) is 5.75 Å². The van der Waals surface area contributed by atoms with Gasteiger partial charge in [0.2, 0.25) is 5.91 Å². The fourth-order valence-electron chi connectivity index (χ4n) is 3.82. The smallest absolute Gasteiger partial charge is 0.416 e. The lowest BCUT2D eigenvalue weighted by Gasteiger charge is -2.24. The Kier molecular flexibility index (Phi) is 8.96. The number of nitrogens with zero attached hydrogens (tertiary/aromatic N) is 1. The Morgan fingerprint density at radius 2 is 1.42 bits per heavy atom. The van der Waals surface area contributed by atoms with Gasteiger partial charge in [-0.15, -0.1) is 0 Å². The van der Waals surface area contributed by atoms with Crippen molar-refractivity contribution >= 4 is 43.0 Å². The van der Waals surface area contributed by atoms with Gasteiger partial charge in [0.15, 0.2) is 0 Å². The van der Waals surface area contributed by atoms with E-state index >= 15 is 0 Å². The Hall–Kier alpha value is -4.63. The summed E-state index contributed by atoms with van der Waals surface area (Å²) in [5, 5.41) is 2.47. The van der Waals surface area contributed by atoms with Crippen molar-refractivity contribution in [1.82, 2.24) is 0 Å². The summed E-state index contributed by atoms with van der Waals surface area (Å²) in [7, 11) is -7.19. The van der Waals surface area contributed by atoms with Crippen molar-refractivity contribution in [2.24, 2.45) is 0 Å². The van der Waals surface area contributed by atoms with Crippen LogP contribution in [-0.4, -0.2) is 36.4 Å². The Bertz CT molecular complexity index is 1810. The Morgan fingerprint density at radius 1 is 0.814 bits per heavy atom. The number of hydrogen-bond acceptors (Lipinski definition) is 6. The van der Waals surface area contributed by atoms with Gasteiger partial charge in [0.05, 0.1) is 28.2 Å². The summed E-state index contributed by atoms with van der Waals surface area (Å²) < 4.78 is 113. The number of benzene rings is 4. The number of carbonyl (C=O) groups is 1. The monoisotopic (exact) mass is 637 g/mol. The molecule has 0 unspecified atom stereocenters. The number of halogens is 4. The Balaban J connectivity index is 1.52. The minimum atomic E-state index is -4.67. The molecule has 0 aliphatic heterocycles. The molecule has 0 heterocycles. The van der Waals surface area contributed by atoms with Gasteiger partial charge in [-0.2, -0.15) is 13.2 Å². The quantitative estimate of drug-likeness (QED) is 0.222. The maximum absolute atomic E-state index is 13.6. The molecular formula is C28H23F4N3O6S2. The van der Waals surface area contributed by atoms with Crippen LogP contribution in [0, 0.1) is 5.82 Å². The van der Waals surface area contributed by atoms with Gasteiger partial charge in [-0.3, -0.25) is 13.8 Å². The third-order valence-electron chi connectivity index (χ3n) is 5.94. The zero-order chi connectivity index (χ0) is 31.4. The highest BCUT2D eigenvalue weighted by atomic mass is 32.2. The van der Waals surface area contributed by atoms with Crippen LogP contribution in [0.2, 0.25) is 0 Å². The largest absolute Gasteiger partial charge is 0.497 e. The summed E-state index contributed by atoms with van der Waals surface area (Å²) in [5.74, 6) is -1.02. The molecular weight excluding hydrogens is 614 g/mol. The van der Waals surface area contributed by atoms with E-state index in [1.165, 1.54) is 55.6 Å². The molecule has 43 heavy (non-hydrogen) atoms. The van der Waals surface area contributed by atoms with E-state index in [0.29, 0.717) is 11.8 Å². The zero-order valence-electron chi connectivity index (χ0n) is 22.2. The summed E-state index contributed by atoms with van der Waals surface area (Å²) in [6.07, 6.45) is -4.67. The molecule has 0 aliphatic carbocycles. The van der Waals surface area contributed by atoms with Crippen molar-refractivity contribution in [2.45, 2.75) is 16.0 Å². The second-order valence-electron chi connectivity index (χ2n) is 8.92. The average Bonchev–Trinajstić information content (AvgIpc) is 2.96. The molecule has 0 saturated heterocycles. The van der Waals surface area contributed by atoms with E-state index < -0.39 is 50.1 Å². The van der Waals surface area contributed by atoms with Crippen molar-refractivity contribution in [3.05, 3.63) is 108 Å². The first-order valence-electron chi connectivity index (χ1n) is 12.2. The highest BCUT2D eigenvalue weighted by Gasteiger charge is 2.31. The second-order valence-corrected chi connectivity index (χ2v) is 12.5. The SMILES string of the molecule is COc1ccc(S(=O)(=O)N(CC(=O)Nc2ccc(S(=O)(=O)Nc3cccc(C(F)(F)F)c3)cc2)c2ccc(F)cc2)cc1. The standard InChI is InChI=1S/C28H23F4N3O6S2/c1-41-24-11-15-26(16-12-24)43(39,40)35(23-9-5-20(29)6-10-23)18-27(36)33-21-7-13-25(14-8-21)42(37,38)34-22-4-2-3-19(17-22)28(30,31)32/h2-17,34H,18H2,1H3,(H,33,36). The summed E-state index contributed by atoms with van der Waals surface area (Å²) in [6.45, 7) is -0.725. The first kappa shape index (κ1) is 31.3. The van der Waals surface area contributed by atoms with Crippen LogP contribution < -0.4 is 19.1 Å². The van der Waals surface area contributed by atoms with Crippen molar-refractivity contribution < 1.29 is 43.9 Å². The molecule has 4 aromatic rings. The van der Waals surface area contributed by atoms with Gasteiger partial charge in [-0.25, -0.2) is 21.2 Å². The molecule has 0 bridgehead atoms. The van der Waals surface area contributed by atoms with Crippen LogP contribution in [0.5, 0.6) is 5.75 Å². The van der Waals surface area contributed by atoms with E-state index in [1.54, 1.807) is 0 Å². The first-order chi connectivity index (χ1) is 20.2. The summed E-state index contributed by atoms with van der Waals surface area (Å²) in [5.41, 5.74) is -1.22. The molecule has 15 heteroatoms. The third-order valence-corrected chi connectivity index (χ3v) is 9.13. The molecule has 0 fully saturated rings. The predicted molar refractivity (Wildman–Crippen MR) is 151 cm³/mol. The summed E-state index contributed by atoms with van der Waals surface area (Å²) in [6, 6.07) is 18.2. The number of amides is 1. The maximum atomic E-state index is 13.6.